The van der Waals surface area contributed by atoms with Gasteiger partial charge in [0.15, 0.2) is 6.61 Å². The lowest BCUT2D eigenvalue weighted by atomic mass is 9.87. The van der Waals surface area contributed by atoms with Gasteiger partial charge in [0.25, 0.3) is 5.91 Å². The average Bonchev–Trinajstić information content (AvgIpc) is 3.27. The smallest absolute Gasteiger partial charge is 0.417 e. The van der Waals surface area contributed by atoms with Gasteiger partial charge in [-0.1, -0.05) is 32.9 Å². The molecule has 0 spiro atoms. The molecule has 2 aliphatic heterocycles. The summed E-state index contributed by atoms with van der Waals surface area (Å²) in [4.78, 5) is 38.6. The summed E-state index contributed by atoms with van der Waals surface area (Å²) in [7, 11) is -3.71. The minimum absolute atomic E-state index is 0.00951. The van der Waals surface area contributed by atoms with Gasteiger partial charge in [0.2, 0.25) is 15.9 Å². The molecule has 1 aromatic rings. The minimum atomic E-state index is -3.71. The highest BCUT2D eigenvalue weighted by Crippen LogP contribution is 2.23. The van der Waals surface area contributed by atoms with Crippen molar-refractivity contribution in [2.75, 3.05) is 26.2 Å². The van der Waals surface area contributed by atoms with Gasteiger partial charge in [-0.05, 0) is 29.5 Å². The second kappa shape index (κ2) is 8.35. The van der Waals surface area contributed by atoms with Crippen LogP contribution < -0.4 is 4.72 Å². The first-order chi connectivity index (χ1) is 14.0. The lowest BCUT2D eigenvalue weighted by molar-refractivity contribution is -0.131. The summed E-state index contributed by atoms with van der Waals surface area (Å²) in [5.74, 6) is -0.632. The Kier molecular flexibility index (Phi) is 6.19. The van der Waals surface area contributed by atoms with Crippen LogP contribution in [0.15, 0.2) is 29.2 Å². The molecule has 0 aliphatic carbocycles. The molecule has 30 heavy (non-hydrogen) atoms. The fourth-order valence-electron chi connectivity index (χ4n) is 3.56. The molecule has 0 saturated carbocycles. The summed E-state index contributed by atoms with van der Waals surface area (Å²) in [6, 6.07) is 6.29. The highest BCUT2D eigenvalue weighted by Gasteiger charge is 2.41. The number of amides is 3. The van der Waals surface area contributed by atoms with E-state index in [1.165, 1.54) is 4.90 Å². The van der Waals surface area contributed by atoms with E-state index in [-0.39, 0.29) is 42.3 Å². The first-order valence-electron chi connectivity index (χ1n) is 9.86. The van der Waals surface area contributed by atoms with Gasteiger partial charge in [0.1, 0.15) is 0 Å². The van der Waals surface area contributed by atoms with Crippen molar-refractivity contribution in [2.45, 2.75) is 50.0 Å². The lowest BCUT2D eigenvalue weighted by Gasteiger charge is -2.20. The van der Waals surface area contributed by atoms with E-state index in [1.54, 1.807) is 24.3 Å². The van der Waals surface area contributed by atoms with Crippen LogP contribution in [0, 0.1) is 0 Å². The van der Waals surface area contributed by atoms with E-state index in [0.29, 0.717) is 13.0 Å². The maximum absolute atomic E-state index is 12.5. The van der Waals surface area contributed by atoms with E-state index in [1.807, 2.05) is 20.8 Å². The van der Waals surface area contributed by atoms with Crippen LogP contribution in [0.25, 0.3) is 0 Å². The predicted octanol–water partition coefficient (Wildman–Crippen LogP) is 1.23. The number of imide groups is 1. The van der Waals surface area contributed by atoms with Crippen LogP contribution in [-0.4, -0.2) is 68.4 Å². The molecule has 2 saturated heterocycles. The van der Waals surface area contributed by atoms with Crippen LogP contribution in [0.5, 0.6) is 0 Å². The van der Waals surface area contributed by atoms with Crippen molar-refractivity contribution < 1.29 is 27.5 Å². The molecule has 1 aromatic carbocycles. The van der Waals surface area contributed by atoms with Gasteiger partial charge < -0.3 is 9.64 Å². The van der Waals surface area contributed by atoms with Crippen LogP contribution in [0.4, 0.5) is 4.79 Å². The number of sulfonamides is 1. The van der Waals surface area contributed by atoms with Gasteiger partial charge in [0, 0.05) is 26.1 Å². The maximum Gasteiger partial charge on any atom is 0.417 e. The van der Waals surface area contributed by atoms with Gasteiger partial charge in [-0.15, -0.1) is 0 Å². The number of nitrogens with one attached hydrogen (secondary N) is 1. The highest BCUT2D eigenvalue weighted by molar-refractivity contribution is 7.89. The molecule has 0 unspecified atom stereocenters. The molecule has 2 aliphatic rings. The van der Waals surface area contributed by atoms with Crippen LogP contribution in [-0.2, 0) is 29.8 Å². The van der Waals surface area contributed by atoms with E-state index in [0.717, 1.165) is 10.5 Å². The first kappa shape index (κ1) is 22.2. The zero-order valence-corrected chi connectivity index (χ0v) is 18.2. The number of likely N-dealkylation sites (tertiary alicyclic amines) is 1. The van der Waals surface area contributed by atoms with Crippen molar-refractivity contribution in [1.82, 2.24) is 14.5 Å². The standard InChI is InChI=1S/C20H27N3O6S/c1-20(2,3)14-4-6-16(7-5-14)30(27,28)21-10-8-17(24)22-11-9-15(12-22)23-18(25)13-29-19(23)26/h4-7,15,21H,8-13H2,1-3H3/t15-/m0/s1. The van der Waals surface area contributed by atoms with E-state index < -0.39 is 28.1 Å². The molecule has 2 fully saturated rings. The zero-order chi connectivity index (χ0) is 22.1. The maximum atomic E-state index is 12.5. The summed E-state index contributed by atoms with van der Waals surface area (Å²) in [6.45, 7) is 6.49. The van der Waals surface area contributed by atoms with E-state index >= 15 is 0 Å². The largest absolute Gasteiger partial charge is 0.439 e. The number of nitrogens with zero attached hydrogens (tertiary/aromatic N) is 2. The fourth-order valence-corrected chi connectivity index (χ4v) is 4.60. The molecular weight excluding hydrogens is 410 g/mol. The monoisotopic (exact) mass is 437 g/mol. The van der Waals surface area contributed by atoms with Gasteiger partial charge in [-0.3, -0.25) is 9.59 Å². The van der Waals surface area contributed by atoms with Gasteiger partial charge in [-0.25, -0.2) is 22.8 Å². The summed E-state index contributed by atoms with van der Waals surface area (Å²) in [6.07, 6.45) is -0.201. The number of cyclic esters (lactones) is 1. The Balaban J connectivity index is 1.50. The van der Waals surface area contributed by atoms with Crippen LogP contribution in [0.1, 0.15) is 39.2 Å². The molecule has 0 radical (unpaired) electrons. The highest BCUT2D eigenvalue weighted by atomic mass is 32.2. The average molecular weight is 438 g/mol. The number of hydrogen-bond donors (Lipinski definition) is 1. The van der Waals surface area contributed by atoms with Crippen molar-refractivity contribution in [3.05, 3.63) is 29.8 Å². The van der Waals surface area contributed by atoms with E-state index in [9.17, 15) is 22.8 Å². The normalized spacial score (nSPS) is 20.0. The van der Waals surface area contributed by atoms with Crippen LogP contribution >= 0.6 is 0 Å². The second-order valence-corrected chi connectivity index (χ2v) is 10.3. The van der Waals surface area contributed by atoms with Crippen LogP contribution in [0.2, 0.25) is 0 Å². The van der Waals surface area contributed by atoms with Crippen molar-refractivity contribution in [1.29, 1.82) is 0 Å². The first-order valence-corrected chi connectivity index (χ1v) is 11.3. The second-order valence-electron chi connectivity index (χ2n) is 8.52. The number of benzene rings is 1. The lowest BCUT2D eigenvalue weighted by Crippen LogP contribution is -2.42. The van der Waals surface area contributed by atoms with Gasteiger partial charge >= 0.3 is 6.09 Å². The molecule has 0 bridgehead atoms. The van der Waals surface area contributed by atoms with E-state index in [4.69, 9.17) is 4.74 Å². The minimum Gasteiger partial charge on any atom is -0.439 e. The Morgan fingerprint density at radius 1 is 1.20 bits per heavy atom. The number of rotatable bonds is 6. The van der Waals surface area contributed by atoms with Crippen molar-refractivity contribution >= 4 is 27.9 Å². The third-order valence-electron chi connectivity index (χ3n) is 5.33. The summed E-state index contributed by atoms with van der Waals surface area (Å²) in [5, 5.41) is 0. The molecule has 0 aromatic heterocycles. The molecule has 10 heteroatoms. The van der Waals surface area contributed by atoms with Gasteiger partial charge in [-0.2, -0.15) is 0 Å². The number of carbonyl (C=O) groups excluding carboxylic acids is 3. The zero-order valence-electron chi connectivity index (χ0n) is 17.4. The molecule has 2 heterocycles. The molecule has 3 amide bonds. The van der Waals surface area contributed by atoms with Gasteiger partial charge in [0.05, 0.1) is 10.9 Å². The Hall–Kier alpha value is -2.46. The molecule has 9 nitrogen and oxygen atoms in total. The third-order valence-corrected chi connectivity index (χ3v) is 6.80. The topological polar surface area (TPSA) is 113 Å². The van der Waals surface area contributed by atoms with Crippen LogP contribution in [0.3, 0.4) is 0 Å². The predicted molar refractivity (Wildman–Crippen MR) is 108 cm³/mol. The Morgan fingerprint density at radius 3 is 2.43 bits per heavy atom. The number of ether oxygens (including phenoxy) is 1. The molecule has 1 N–H and O–H groups in total. The molecule has 164 valence electrons. The summed E-state index contributed by atoms with van der Waals surface area (Å²) >= 11 is 0. The fraction of sp³-hybridized carbons (Fsp3) is 0.550. The molecule has 1 atom stereocenters. The van der Waals surface area contributed by atoms with Crippen molar-refractivity contribution in [3.8, 4) is 0 Å². The summed E-state index contributed by atoms with van der Waals surface area (Å²) in [5.41, 5.74) is 0.951. The van der Waals surface area contributed by atoms with E-state index in [2.05, 4.69) is 4.72 Å². The van der Waals surface area contributed by atoms with Crippen molar-refractivity contribution in [2.24, 2.45) is 0 Å². The Labute approximate surface area is 176 Å². The quantitative estimate of drug-likeness (QED) is 0.716. The molecular formula is C20H27N3O6S. The number of carbonyl (C=O) groups is 3. The Morgan fingerprint density at radius 2 is 1.87 bits per heavy atom. The molecule has 3 rings (SSSR count). The summed E-state index contributed by atoms with van der Waals surface area (Å²) < 4.78 is 32.1. The Bertz CT molecular complexity index is 920. The SMILES string of the molecule is CC(C)(C)c1ccc(S(=O)(=O)NCCC(=O)N2CC[C@H](N3C(=O)COC3=O)C2)cc1. The third kappa shape index (κ3) is 4.81. The number of hydrogen-bond acceptors (Lipinski definition) is 6. The van der Waals surface area contributed by atoms with Crippen molar-refractivity contribution in [3.63, 3.8) is 0 Å².